The van der Waals surface area contributed by atoms with E-state index in [1.54, 1.807) is 19.2 Å². The highest BCUT2D eigenvalue weighted by Crippen LogP contribution is 2.36. The van der Waals surface area contributed by atoms with E-state index in [1.165, 1.54) is 11.8 Å². The molecule has 0 atom stereocenters. The molecule has 4 nitrogen and oxygen atoms in total. The predicted octanol–water partition coefficient (Wildman–Crippen LogP) is 4.29. The van der Waals surface area contributed by atoms with Crippen molar-refractivity contribution in [3.05, 3.63) is 70.6 Å². The standard InChI is InChI=1S/C18H15BrN2O2S/c1-23-14-9-7-12(8-10-14)16(19)15-11-20-18(24-15)21-17(22)13-5-3-2-4-6-13/h2-10H,11H2,1H3,(H,20,21,22)/b16-15+. The number of amides is 1. The lowest BCUT2D eigenvalue weighted by atomic mass is 10.2. The molecule has 0 unspecified atom stereocenters. The Labute approximate surface area is 153 Å². The van der Waals surface area contributed by atoms with Crippen LogP contribution in [0.1, 0.15) is 15.9 Å². The first-order chi connectivity index (χ1) is 11.7. The van der Waals surface area contributed by atoms with Crippen LogP contribution >= 0.6 is 27.7 Å². The van der Waals surface area contributed by atoms with E-state index in [0.29, 0.717) is 17.3 Å². The Bertz CT molecular complexity index is 802. The number of hydrogen-bond donors (Lipinski definition) is 1. The molecule has 2 aromatic rings. The van der Waals surface area contributed by atoms with Crippen LogP contribution in [0.3, 0.4) is 0 Å². The quantitative estimate of drug-likeness (QED) is 0.832. The molecule has 0 bridgehead atoms. The SMILES string of the molecule is COc1ccc(/C(Br)=C2/CN=C(NC(=O)c3ccccc3)S2)cc1. The number of benzene rings is 2. The average Bonchev–Trinajstić information content (AvgIpc) is 3.10. The van der Waals surface area contributed by atoms with Gasteiger partial charge in [-0.3, -0.25) is 9.79 Å². The fourth-order valence-corrected chi connectivity index (χ4v) is 3.64. The molecular weight excluding hydrogens is 388 g/mol. The van der Waals surface area contributed by atoms with Crippen LogP contribution in [0.25, 0.3) is 4.48 Å². The van der Waals surface area contributed by atoms with Crippen LogP contribution in [-0.4, -0.2) is 24.7 Å². The first kappa shape index (κ1) is 16.8. The third-order valence-electron chi connectivity index (χ3n) is 3.43. The molecule has 24 heavy (non-hydrogen) atoms. The Hall–Kier alpha value is -2.05. The van der Waals surface area contributed by atoms with Crippen LogP contribution in [0.2, 0.25) is 0 Å². The second-order valence-electron chi connectivity index (χ2n) is 5.01. The maximum Gasteiger partial charge on any atom is 0.257 e. The lowest BCUT2D eigenvalue weighted by molar-refractivity contribution is 0.0978. The van der Waals surface area contributed by atoms with Crippen molar-refractivity contribution in [3.63, 3.8) is 0 Å². The number of methoxy groups -OCH3 is 1. The molecule has 1 aliphatic heterocycles. The zero-order valence-corrected chi connectivity index (χ0v) is 15.4. The van der Waals surface area contributed by atoms with Crippen molar-refractivity contribution in [2.75, 3.05) is 13.7 Å². The predicted molar refractivity (Wildman–Crippen MR) is 103 cm³/mol. The van der Waals surface area contributed by atoms with Crippen molar-refractivity contribution < 1.29 is 9.53 Å². The van der Waals surface area contributed by atoms with Gasteiger partial charge in [-0.1, -0.05) is 42.1 Å². The highest BCUT2D eigenvalue weighted by atomic mass is 79.9. The van der Waals surface area contributed by atoms with Gasteiger partial charge in [0.25, 0.3) is 5.91 Å². The highest BCUT2D eigenvalue weighted by Gasteiger charge is 2.19. The van der Waals surface area contributed by atoms with E-state index in [1.807, 2.05) is 42.5 Å². The van der Waals surface area contributed by atoms with Gasteiger partial charge in [-0.15, -0.1) is 0 Å². The molecule has 0 spiro atoms. The monoisotopic (exact) mass is 402 g/mol. The number of carbonyl (C=O) groups excluding carboxylic acids is 1. The molecule has 1 heterocycles. The number of rotatable bonds is 3. The van der Waals surface area contributed by atoms with Gasteiger partial charge in [-0.25, -0.2) is 0 Å². The van der Waals surface area contributed by atoms with Crippen molar-refractivity contribution in [2.45, 2.75) is 0 Å². The molecular formula is C18H15BrN2O2S. The Morgan fingerprint density at radius 1 is 1.12 bits per heavy atom. The van der Waals surface area contributed by atoms with Crippen LogP contribution in [0.15, 0.2) is 64.5 Å². The van der Waals surface area contributed by atoms with Gasteiger partial charge in [0.15, 0.2) is 5.17 Å². The Kier molecular flexibility index (Phi) is 5.37. The molecule has 1 aliphatic rings. The largest absolute Gasteiger partial charge is 0.497 e. The summed E-state index contributed by atoms with van der Waals surface area (Å²) in [5.41, 5.74) is 1.66. The molecule has 6 heteroatoms. The van der Waals surface area contributed by atoms with Crippen molar-refractivity contribution in [2.24, 2.45) is 4.99 Å². The van der Waals surface area contributed by atoms with Gasteiger partial charge in [-0.05, 0) is 45.8 Å². The first-order valence-corrected chi connectivity index (χ1v) is 8.90. The molecule has 0 saturated carbocycles. The van der Waals surface area contributed by atoms with Gasteiger partial charge in [0.05, 0.1) is 13.7 Å². The maximum absolute atomic E-state index is 12.2. The average molecular weight is 403 g/mol. The van der Waals surface area contributed by atoms with E-state index < -0.39 is 0 Å². The number of aliphatic imine (C=N–C) groups is 1. The molecule has 122 valence electrons. The van der Waals surface area contributed by atoms with Crippen LogP contribution in [0.5, 0.6) is 5.75 Å². The lowest BCUT2D eigenvalue weighted by Gasteiger charge is -2.06. The van der Waals surface area contributed by atoms with Crippen molar-refractivity contribution in [1.29, 1.82) is 0 Å². The van der Waals surface area contributed by atoms with E-state index in [2.05, 4.69) is 26.2 Å². The van der Waals surface area contributed by atoms with Crippen LogP contribution in [-0.2, 0) is 0 Å². The Morgan fingerprint density at radius 3 is 2.50 bits per heavy atom. The third kappa shape index (κ3) is 3.88. The summed E-state index contributed by atoms with van der Waals surface area (Å²) >= 11 is 5.10. The molecule has 0 aromatic heterocycles. The Balaban J connectivity index is 1.68. The zero-order chi connectivity index (χ0) is 16.9. The normalized spacial score (nSPS) is 15.7. The van der Waals surface area contributed by atoms with Crippen LogP contribution in [0, 0.1) is 0 Å². The third-order valence-corrected chi connectivity index (χ3v) is 5.63. The van der Waals surface area contributed by atoms with Crippen LogP contribution < -0.4 is 10.1 Å². The summed E-state index contributed by atoms with van der Waals surface area (Å²) in [6.45, 7) is 0.543. The highest BCUT2D eigenvalue weighted by molar-refractivity contribution is 9.15. The molecule has 2 aromatic carbocycles. The van der Waals surface area contributed by atoms with Crippen molar-refractivity contribution in [3.8, 4) is 5.75 Å². The minimum absolute atomic E-state index is 0.149. The van der Waals surface area contributed by atoms with E-state index in [9.17, 15) is 4.79 Å². The zero-order valence-electron chi connectivity index (χ0n) is 13.0. The maximum atomic E-state index is 12.2. The summed E-state index contributed by atoms with van der Waals surface area (Å²) in [6, 6.07) is 16.9. The number of nitrogens with zero attached hydrogens (tertiary/aromatic N) is 1. The second-order valence-corrected chi connectivity index (χ2v) is 6.89. The van der Waals surface area contributed by atoms with Crippen LogP contribution in [0.4, 0.5) is 0 Å². The lowest BCUT2D eigenvalue weighted by Crippen LogP contribution is -2.27. The summed E-state index contributed by atoms with van der Waals surface area (Å²) < 4.78 is 6.15. The molecule has 0 fully saturated rings. The van der Waals surface area contributed by atoms with Gasteiger partial charge < -0.3 is 10.1 Å². The van der Waals surface area contributed by atoms with E-state index in [-0.39, 0.29) is 5.91 Å². The number of halogens is 1. The smallest absolute Gasteiger partial charge is 0.257 e. The summed E-state index contributed by atoms with van der Waals surface area (Å²) in [5.74, 6) is 0.666. The van der Waals surface area contributed by atoms with Crippen molar-refractivity contribution >= 4 is 43.2 Å². The molecule has 0 aliphatic carbocycles. The summed E-state index contributed by atoms with van der Waals surface area (Å²) in [4.78, 5) is 17.6. The number of nitrogens with one attached hydrogen (secondary N) is 1. The summed E-state index contributed by atoms with van der Waals surface area (Å²) in [5, 5.41) is 3.46. The van der Waals surface area contributed by atoms with Gasteiger partial charge in [-0.2, -0.15) is 0 Å². The minimum atomic E-state index is -0.149. The number of amidine groups is 1. The number of hydrogen-bond acceptors (Lipinski definition) is 4. The number of ether oxygens (including phenoxy) is 1. The topological polar surface area (TPSA) is 50.7 Å². The molecule has 1 N–H and O–H groups in total. The van der Waals surface area contributed by atoms with Gasteiger partial charge in [0, 0.05) is 15.0 Å². The van der Waals surface area contributed by atoms with Crippen molar-refractivity contribution in [1.82, 2.24) is 5.32 Å². The van der Waals surface area contributed by atoms with Gasteiger partial charge in [0.2, 0.25) is 0 Å². The minimum Gasteiger partial charge on any atom is -0.497 e. The fraction of sp³-hybridized carbons (Fsp3) is 0.111. The fourth-order valence-electron chi connectivity index (χ4n) is 2.16. The van der Waals surface area contributed by atoms with E-state index >= 15 is 0 Å². The molecule has 0 saturated heterocycles. The van der Waals surface area contributed by atoms with Gasteiger partial charge >= 0.3 is 0 Å². The number of carbonyl (C=O) groups is 1. The van der Waals surface area contributed by atoms with E-state index in [0.717, 1.165) is 20.7 Å². The molecule has 0 radical (unpaired) electrons. The second kappa shape index (κ2) is 7.68. The molecule has 1 amide bonds. The van der Waals surface area contributed by atoms with E-state index in [4.69, 9.17) is 4.74 Å². The first-order valence-electron chi connectivity index (χ1n) is 7.29. The Morgan fingerprint density at radius 2 is 1.83 bits per heavy atom. The summed E-state index contributed by atoms with van der Waals surface area (Å²) in [6.07, 6.45) is 0. The van der Waals surface area contributed by atoms with Gasteiger partial charge in [0.1, 0.15) is 5.75 Å². The summed E-state index contributed by atoms with van der Waals surface area (Å²) in [7, 11) is 1.64. The molecule has 3 rings (SSSR count). The number of thioether (sulfide) groups is 1.